The lowest BCUT2D eigenvalue weighted by molar-refractivity contribution is -0.121. The van der Waals surface area contributed by atoms with E-state index < -0.39 is 22.0 Å². The molecule has 1 atom stereocenters. The number of nitrogens with zero attached hydrogens (tertiary/aromatic N) is 2. The molecule has 7 nitrogen and oxygen atoms in total. The van der Waals surface area contributed by atoms with Crippen LogP contribution in [-0.4, -0.2) is 39.4 Å². The maximum absolute atomic E-state index is 12.4. The van der Waals surface area contributed by atoms with E-state index >= 15 is 0 Å². The van der Waals surface area contributed by atoms with Gasteiger partial charge in [-0.2, -0.15) is 5.10 Å². The molecule has 1 N–H and O–H groups in total. The minimum Gasteiger partial charge on any atom is -0.494 e. The molecule has 28 heavy (non-hydrogen) atoms. The average Bonchev–Trinajstić information content (AvgIpc) is 2.67. The van der Waals surface area contributed by atoms with Gasteiger partial charge in [-0.1, -0.05) is 25.1 Å². The van der Waals surface area contributed by atoms with Crippen LogP contribution in [0.2, 0.25) is 0 Å². The van der Waals surface area contributed by atoms with E-state index in [9.17, 15) is 13.2 Å². The number of nitrogens with one attached hydrogen (secondary N) is 1. The lowest BCUT2D eigenvalue weighted by Crippen LogP contribution is -2.46. The van der Waals surface area contributed by atoms with Crippen LogP contribution >= 0.6 is 0 Å². The molecule has 150 valence electrons. The van der Waals surface area contributed by atoms with E-state index in [1.807, 2.05) is 31.2 Å². The molecule has 0 bridgehead atoms. The fourth-order valence-corrected chi connectivity index (χ4v) is 3.69. The van der Waals surface area contributed by atoms with Gasteiger partial charge in [0.2, 0.25) is 10.0 Å². The van der Waals surface area contributed by atoms with Crippen molar-refractivity contribution in [3.63, 3.8) is 0 Å². The number of rotatable bonds is 9. The Morgan fingerprint density at radius 3 is 2.39 bits per heavy atom. The number of ether oxygens (including phenoxy) is 1. The van der Waals surface area contributed by atoms with E-state index in [1.165, 1.54) is 13.1 Å². The Morgan fingerprint density at radius 2 is 1.82 bits per heavy atom. The van der Waals surface area contributed by atoms with Crippen LogP contribution in [-0.2, 0) is 14.8 Å². The van der Waals surface area contributed by atoms with Crippen molar-refractivity contribution in [2.45, 2.75) is 26.3 Å². The lowest BCUT2D eigenvalue weighted by Gasteiger charge is -2.27. The number of amides is 1. The van der Waals surface area contributed by atoms with Gasteiger partial charge in [0.25, 0.3) is 5.91 Å². The Hall–Kier alpha value is -2.87. The Bertz CT molecular complexity index is 897. The molecular weight excluding hydrogens is 378 g/mol. The lowest BCUT2D eigenvalue weighted by atomic mass is 10.2. The number of benzene rings is 2. The number of carbonyl (C=O) groups is 1. The molecule has 0 radical (unpaired) electrons. The molecule has 0 saturated carbocycles. The first kappa shape index (κ1) is 21.4. The van der Waals surface area contributed by atoms with E-state index in [4.69, 9.17) is 4.74 Å². The zero-order chi connectivity index (χ0) is 20.6. The molecule has 0 aliphatic rings. The quantitative estimate of drug-likeness (QED) is 0.515. The van der Waals surface area contributed by atoms with Crippen molar-refractivity contribution in [1.29, 1.82) is 0 Å². The number of anilines is 1. The van der Waals surface area contributed by atoms with Crippen LogP contribution in [0.4, 0.5) is 5.69 Å². The van der Waals surface area contributed by atoms with Crippen molar-refractivity contribution in [2.75, 3.05) is 17.2 Å². The van der Waals surface area contributed by atoms with Gasteiger partial charge in [-0.3, -0.25) is 9.10 Å². The number of carbonyl (C=O) groups excluding carboxylic acids is 1. The van der Waals surface area contributed by atoms with Crippen LogP contribution in [0.3, 0.4) is 0 Å². The van der Waals surface area contributed by atoms with Crippen LogP contribution in [0.15, 0.2) is 59.7 Å². The largest absolute Gasteiger partial charge is 0.494 e. The topological polar surface area (TPSA) is 88.1 Å². The van der Waals surface area contributed by atoms with Gasteiger partial charge in [-0.15, -0.1) is 0 Å². The number of hydrogen-bond acceptors (Lipinski definition) is 5. The molecule has 1 amide bonds. The van der Waals surface area contributed by atoms with Crippen molar-refractivity contribution in [1.82, 2.24) is 5.43 Å². The van der Waals surface area contributed by atoms with Crippen molar-refractivity contribution in [3.05, 3.63) is 60.2 Å². The second kappa shape index (κ2) is 9.89. The summed E-state index contributed by atoms with van der Waals surface area (Å²) in [6, 6.07) is 14.8. The van der Waals surface area contributed by atoms with Gasteiger partial charge in [-0.25, -0.2) is 13.8 Å². The smallest absolute Gasteiger partial charge is 0.263 e. The molecule has 0 spiro atoms. The predicted molar refractivity (Wildman–Crippen MR) is 111 cm³/mol. The molecule has 2 rings (SSSR count). The molecule has 8 heteroatoms. The summed E-state index contributed by atoms with van der Waals surface area (Å²) in [5.41, 5.74) is 3.59. The third-order valence-electron chi connectivity index (χ3n) is 3.84. The minimum atomic E-state index is -3.65. The number of hydrogen-bond donors (Lipinski definition) is 1. The number of sulfonamides is 1. The van der Waals surface area contributed by atoms with Gasteiger partial charge in [0.1, 0.15) is 11.8 Å². The number of para-hydroxylation sites is 1. The highest BCUT2D eigenvalue weighted by Crippen LogP contribution is 2.20. The van der Waals surface area contributed by atoms with E-state index in [0.717, 1.165) is 28.3 Å². The summed E-state index contributed by atoms with van der Waals surface area (Å²) in [5.74, 6) is 0.233. The number of hydrazone groups is 1. The molecule has 0 fully saturated rings. The van der Waals surface area contributed by atoms with Crippen LogP contribution < -0.4 is 14.5 Å². The van der Waals surface area contributed by atoms with E-state index in [-0.39, 0.29) is 0 Å². The van der Waals surface area contributed by atoms with E-state index in [2.05, 4.69) is 10.5 Å². The standard InChI is InChI=1S/C20H25N3O4S/c1-4-14-27-19-12-10-17(11-13-19)15-21-22-20(24)16(2)23(28(3,25)26)18-8-6-5-7-9-18/h5-13,15-16H,4,14H2,1-3H3,(H,22,24)/b21-15-/t16-/m0/s1. The summed E-state index contributed by atoms with van der Waals surface area (Å²) in [4.78, 5) is 12.4. The van der Waals surface area contributed by atoms with Crippen molar-refractivity contribution < 1.29 is 17.9 Å². The minimum absolute atomic E-state index is 0.416. The zero-order valence-electron chi connectivity index (χ0n) is 16.2. The zero-order valence-corrected chi connectivity index (χ0v) is 17.0. The maximum atomic E-state index is 12.4. The summed E-state index contributed by atoms with van der Waals surface area (Å²) >= 11 is 0. The van der Waals surface area contributed by atoms with Crippen molar-refractivity contribution in [2.24, 2.45) is 5.10 Å². The van der Waals surface area contributed by atoms with Gasteiger partial charge in [-0.05, 0) is 55.3 Å². The van der Waals surface area contributed by atoms with Crippen molar-refractivity contribution in [3.8, 4) is 5.75 Å². The second-order valence-corrected chi connectivity index (χ2v) is 8.08. The summed E-state index contributed by atoms with van der Waals surface area (Å²) in [6.45, 7) is 4.20. The highest BCUT2D eigenvalue weighted by molar-refractivity contribution is 7.92. The normalized spacial score (nSPS) is 12.5. The monoisotopic (exact) mass is 403 g/mol. The Kier molecular flexibility index (Phi) is 7.57. The first-order valence-corrected chi connectivity index (χ1v) is 10.8. The van der Waals surface area contributed by atoms with E-state index in [1.54, 1.807) is 30.3 Å². The molecule has 0 aliphatic carbocycles. The molecule has 0 saturated heterocycles. The Labute approximate surface area is 166 Å². The summed E-state index contributed by atoms with van der Waals surface area (Å²) in [5, 5.41) is 3.93. The first-order valence-electron chi connectivity index (χ1n) is 8.93. The predicted octanol–water partition coefficient (Wildman–Crippen LogP) is 2.78. The SMILES string of the molecule is CCCOc1ccc(/C=N\NC(=O)[C@H](C)N(c2ccccc2)S(C)(=O)=O)cc1. The molecular formula is C20H25N3O4S. The highest BCUT2D eigenvalue weighted by atomic mass is 32.2. The molecule has 2 aromatic rings. The molecule has 0 aliphatic heterocycles. The molecule has 0 unspecified atom stereocenters. The Balaban J connectivity index is 2.03. The van der Waals surface area contributed by atoms with Crippen LogP contribution in [0.5, 0.6) is 5.75 Å². The molecule has 0 aromatic heterocycles. The van der Waals surface area contributed by atoms with Gasteiger partial charge < -0.3 is 4.74 Å². The van der Waals surface area contributed by atoms with Crippen LogP contribution in [0, 0.1) is 0 Å². The van der Waals surface area contributed by atoms with Gasteiger partial charge in [0, 0.05) is 0 Å². The second-order valence-electron chi connectivity index (χ2n) is 6.22. The van der Waals surface area contributed by atoms with Gasteiger partial charge >= 0.3 is 0 Å². The summed E-state index contributed by atoms with van der Waals surface area (Å²) in [7, 11) is -3.65. The third kappa shape index (κ3) is 6.09. The summed E-state index contributed by atoms with van der Waals surface area (Å²) < 4.78 is 30.9. The maximum Gasteiger partial charge on any atom is 0.263 e. The van der Waals surface area contributed by atoms with Crippen LogP contribution in [0.1, 0.15) is 25.8 Å². The highest BCUT2D eigenvalue weighted by Gasteiger charge is 2.28. The summed E-state index contributed by atoms with van der Waals surface area (Å²) in [6.07, 6.45) is 3.48. The fourth-order valence-electron chi connectivity index (χ4n) is 2.52. The van der Waals surface area contributed by atoms with Gasteiger partial charge in [0.15, 0.2) is 0 Å². The van der Waals surface area contributed by atoms with Crippen molar-refractivity contribution >= 4 is 27.8 Å². The average molecular weight is 404 g/mol. The first-order chi connectivity index (χ1) is 13.3. The van der Waals surface area contributed by atoms with Crippen LogP contribution in [0.25, 0.3) is 0 Å². The van der Waals surface area contributed by atoms with E-state index in [0.29, 0.717) is 12.3 Å². The molecule has 0 heterocycles. The Morgan fingerprint density at radius 1 is 1.18 bits per heavy atom. The molecule has 2 aromatic carbocycles. The fraction of sp³-hybridized carbons (Fsp3) is 0.300. The van der Waals surface area contributed by atoms with Gasteiger partial charge in [0.05, 0.1) is 24.8 Å². The third-order valence-corrected chi connectivity index (χ3v) is 5.08.